The fourth-order valence-corrected chi connectivity index (χ4v) is 2.03. The number of H-pyrrole nitrogens is 1. The summed E-state index contributed by atoms with van der Waals surface area (Å²) in [7, 11) is 0. The van der Waals surface area contributed by atoms with Crippen LogP contribution in [0.2, 0.25) is 0 Å². The van der Waals surface area contributed by atoms with Gasteiger partial charge in [0.2, 0.25) is 0 Å². The molecule has 0 bridgehead atoms. The zero-order valence-electron chi connectivity index (χ0n) is 9.74. The van der Waals surface area contributed by atoms with Crippen LogP contribution in [0.1, 0.15) is 11.1 Å². The van der Waals surface area contributed by atoms with Crippen molar-refractivity contribution in [3.8, 4) is 0 Å². The number of hydrogen-bond acceptors (Lipinski definition) is 3. The zero-order valence-corrected chi connectivity index (χ0v) is 11.3. The van der Waals surface area contributed by atoms with Crippen molar-refractivity contribution in [2.45, 2.75) is 13.5 Å². The van der Waals surface area contributed by atoms with Crippen molar-refractivity contribution in [2.24, 2.45) is 0 Å². The van der Waals surface area contributed by atoms with Crippen LogP contribution < -0.4 is 17.0 Å². The molecule has 1 aromatic carbocycles. The molecule has 6 heteroatoms. The summed E-state index contributed by atoms with van der Waals surface area (Å²) in [5.41, 5.74) is 6.97. The second-order valence-corrected chi connectivity index (χ2v) is 4.81. The van der Waals surface area contributed by atoms with Crippen molar-refractivity contribution in [3.63, 3.8) is 0 Å². The van der Waals surface area contributed by atoms with Crippen molar-refractivity contribution in [2.75, 3.05) is 5.73 Å². The molecule has 0 aliphatic carbocycles. The van der Waals surface area contributed by atoms with Gasteiger partial charge in [-0.25, -0.2) is 4.79 Å². The van der Waals surface area contributed by atoms with Crippen LogP contribution in [0.15, 0.2) is 38.5 Å². The predicted octanol–water partition coefficient (Wildman–Crippen LogP) is 1.24. The highest BCUT2D eigenvalue weighted by molar-refractivity contribution is 9.10. The molecule has 0 amide bonds. The van der Waals surface area contributed by atoms with Crippen LogP contribution in [0, 0.1) is 6.92 Å². The third-order valence-electron chi connectivity index (χ3n) is 2.64. The van der Waals surface area contributed by atoms with Crippen molar-refractivity contribution in [3.05, 3.63) is 60.8 Å². The fraction of sp³-hybridized carbons (Fsp3) is 0.167. The van der Waals surface area contributed by atoms with Crippen LogP contribution in [0.4, 0.5) is 5.69 Å². The zero-order chi connectivity index (χ0) is 13.3. The summed E-state index contributed by atoms with van der Waals surface area (Å²) in [5, 5.41) is 0. The molecule has 0 radical (unpaired) electrons. The Morgan fingerprint density at radius 1 is 1.39 bits per heavy atom. The van der Waals surface area contributed by atoms with E-state index in [9.17, 15) is 9.59 Å². The monoisotopic (exact) mass is 309 g/mol. The summed E-state index contributed by atoms with van der Waals surface area (Å²) in [4.78, 5) is 25.2. The number of aryl methyl sites for hydroxylation is 1. The van der Waals surface area contributed by atoms with Crippen LogP contribution >= 0.6 is 15.9 Å². The largest absolute Gasteiger partial charge is 0.398 e. The van der Waals surface area contributed by atoms with Gasteiger partial charge in [-0.15, -0.1) is 0 Å². The molecule has 94 valence electrons. The molecule has 0 saturated heterocycles. The van der Waals surface area contributed by atoms with E-state index in [1.165, 1.54) is 10.8 Å². The first-order chi connectivity index (χ1) is 8.49. The molecular formula is C12H12BrN3O2. The van der Waals surface area contributed by atoms with E-state index in [0.717, 1.165) is 10.0 Å². The highest BCUT2D eigenvalue weighted by atomic mass is 79.9. The predicted molar refractivity (Wildman–Crippen MR) is 73.7 cm³/mol. The van der Waals surface area contributed by atoms with Gasteiger partial charge in [-0.1, -0.05) is 12.1 Å². The van der Waals surface area contributed by atoms with Gasteiger partial charge in [0.25, 0.3) is 5.56 Å². The topological polar surface area (TPSA) is 80.9 Å². The number of nitrogen functional groups attached to an aromatic ring is 1. The Morgan fingerprint density at radius 2 is 2.11 bits per heavy atom. The highest BCUT2D eigenvalue weighted by Crippen LogP contribution is 2.23. The van der Waals surface area contributed by atoms with Crippen molar-refractivity contribution in [1.29, 1.82) is 0 Å². The minimum atomic E-state index is -0.431. The number of nitrogens with zero attached hydrogens (tertiary/aromatic N) is 1. The molecule has 5 nitrogen and oxygen atoms in total. The molecule has 2 rings (SSSR count). The number of aromatic amines is 1. The van der Waals surface area contributed by atoms with Gasteiger partial charge in [0.05, 0.1) is 6.54 Å². The van der Waals surface area contributed by atoms with Gasteiger partial charge in [-0.2, -0.15) is 0 Å². The van der Waals surface area contributed by atoms with Crippen molar-refractivity contribution < 1.29 is 0 Å². The third-order valence-corrected chi connectivity index (χ3v) is 3.61. The Labute approximate surface area is 111 Å². The van der Waals surface area contributed by atoms with Gasteiger partial charge in [0.15, 0.2) is 0 Å². The Balaban J connectivity index is 2.47. The number of aromatic nitrogens is 2. The summed E-state index contributed by atoms with van der Waals surface area (Å²) in [6.07, 6.45) is 1.54. The summed E-state index contributed by atoms with van der Waals surface area (Å²) in [5.74, 6) is 0. The highest BCUT2D eigenvalue weighted by Gasteiger charge is 2.06. The maximum Gasteiger partial charge on any atom is 0.328 e. The normalized spacial score (nSPS) is 10.6. The average Bonchev–Trinajstić information content (AvgIpc) is 2.32. The molecule has 18 heavy (non-hydrogen) atoms. The van der Waals surface area contributed by atoms with Crippen LogP contribution in [0.5, 0.6) is 0 Å². The first-order valence-corrected chi connectivity index (χ1v) is 6.11. The van der Waals surface area contributed by atoms with E-state index in [0.29, 0.717) is 17.8 Å². The minimum Gasteiger partial charge on any atom is -0.398 e. The Bertz CT molecular complexity index is 703. The summed E-state index contributed by atoms with van der Waals surface area (Å²) in [6, 6.07) is 5.46. The quantitative estimate of drug-likeness (QED) is 0.819. The SMILES string of the molecule is Cc1cn(Cc2cccc(N)c2Br)c(=O)[nH]c1=O. The number of nitrogens with two attached hydrogens (primary N) is 1. The molecule has 0 saturated carbocycles. The molecule has 0 aliphatic rings. The molecule has 0 atom stereocenters. The van der Waals surface area contributed by atoms with Crippen molar-refractivity contribution >= 4 is 21.6 Å². The Kier molecular flexibility index (Phi) is 3.38. The van der Waals surface area contributed by atoms with Gasteiger partial charge in [0, 0.05) is 21.9 Å². The van der Waals surface area contributed by atoms with E-state index >= 15 is 0 Å². The summed E-state index contributed by atoms with van der Waals surface area (Å²) in [6.45, 7) is 2.01. The van der Waals surface area contributed by atoms with E-state index in [-0.39, 0.29) is 5.56 Å². The summed E-state index contributed by atoms with van der Waals surface area (Å²) >= 11 is 3.38. The van der Waals surface area contributed by atoms with Gasteiger partial charge < -0.3 is 5.73 Å². The molecule has 2 aromatic rings. The lowest BCUT2D eigenvalue weighted by Gasteiger charge is -2.09. The van der Waals surface area contributed by atoms with Gasteiger partial charge in [-0.3, -0.25) is 14.3 Å². The molecule has 0 aliphatic heterocycles. The Hall–Kier alpha value is -1.82. The van der Waals surface area contributed by atoms with Gasteiger partial charge >= 0.3 is 5.69 Å². The third kappa shape index (κ3) is 2.38. The van der Waals surface area contributed by atoms with Crippen LogP contribution in [0.3, 0.4) is 0 Å². The van der Waals surface area contributed by atoms with E-state index in [1.54, 1.807) is 13.0 Å². The molecule has 3 N–H and O–H groups in total. The fourth-order valence-electron chi connectivity index (χ4n) is 1.64. The minimum absolute atomic E-state index is 0.349. The standard InChI is InChI=1S/C12H12BrN3O2/c1-7-5-16(12(18)15-11(7)17)6-8-3-2-4-9(14)10(8)13/h2-5H,6,14H2,1H3,(H,15,17,18). The first-order valence-electron chi connectivity index (χ1n) is 5.32. The van der Waals surface area contributed by atoms with Crippen LogP contribution in [-0.4, -0.2) is 9.55 Å². The number of halogens is 1. The second kappa shape index (κ2) is 4.81. The van der Waals surface area contributed by atoms with Crippen LogP contribution in [-0.2, 0) is 6.54 Å². The maximum absolute atomic E-state index is 11.7. The number of hydrogen-bond donors (Lipinski definition) is 2. The number of anilines is 1. The molecule has 0 unspecified atom stereocenters. The number of nitrogens with one attached hydrogen (secondary N) is 1. The second-order valence-electron chi connectivity index (χ2n) is 4.02. The van der Waals surface area contributed by atoms with Crippen LogP contribution in [0.25, 0.3) is 0 Å². The molecule has 0 fully saturated rings. The Morgan fingerprint density at radius 3 is 2.83 bits per heavy atom. The summed E-state index contributed by atoms with van der Waals surface area (Å²) < 4.78 is 2.21. The van der Waals surface area contributed by atoms with E-state index < -0.39 is 5.69 Å². The molecular weight excluding hydrogens is 298 g/mol. The number of benzene rings is 1. The molecule has 0 spiro atoms. The molecule has 1 heterocycles. The lowest BCUT2D eigenvalue weighted by atomic mass is 10.2. The average molecular weight is 310 g/mol. The smallest absolute Gasteiger partial charge is 0.328 e. The lowest BCUT2D eigenvalue weighted by Crippen LogP contribution is -2.31. The number of rotatable bonds is 2. The van der Waals surface area contributed by atoms with Crippen molar-refractivity contribution in [1.82, 2.24) is 9.55 Å². The van der Waals surface area contributed by atoms with Gasteiger partial charge in [0.1, 0.15) is 0 Å². The lowest BCUT2D eigenvalue weighted by molar-refractivity contribution is 0.712. The molecule has 1 aromatic heterocycles. The van der Waals surface area contributed by atoms with E-state index in [4.69, 9.17) is 5.73 Å². The van der Waals surface area contributed by atoms with Gasteiger partial charge in [-0.05, 0) is 34.5 Å². The van der Waals surface area contributed by atoms with E-state index in [1.807, 2.05) is 12.1 Å². The first kappa shape index (κ1) is 12.6. The van der Waals surface area contributed by atoms with E-state index in [2.05, 4.69) is 20.9 Å². The maximum atomic E-state index is 11.7.